The average molecular weight is 1300 g/mol. The zero-order valence-electron chi connectivity index (χ0n) is 57.0. The molecule has 0 aliphatic carbocycles. The lowest BCUT2D eigenvalue weighted by molar-refractivity contribution is -0.161. The number of unbranched alkanes of at least 4 members (excludes halogenated alkanes) is 37. The predicted octanol–water partition coefficient (Wildman–Crippen LogP) is 19.6. The number of hydrogen-bond donors (Lipinski definition) is 3. The Morgan fingerprint density at radius 1 is 0.330 bits per heavy atom. The highest BCUT2D eigenvalue weighted by Crippen LogP contribution is 2.45. The van der Waals surface area contributed by atoms with Crippen LogP contribution in [-0.4, -0.2) is 96.7 Å². The molecule has 3 unspecified atom stereocenters. The molecule has 19 heteroatoms. The minimum Gasteiger partial charge on any atom is -0.462 e. The highest BCUT2D eigenvalue weighted by molar-refractivity contribution is 7.47. The molecule has 0 aromatic heterocycles. The Morgan fingerprint density at radius 2 is 0.580 bits per heavy atom. The number of carbonyl (C=O) groups is 4. The largest absolute Gasteiger partial charge is 0.472 e. The number of hydrogen-bond acceptors (Lipinski definition) is 15. The van der Waals surface area contributed by atoms with Gasteiger partial charge in [0, 0.05) is 25.7 Å². The van der Waals surface area contributed by atoms with Crippen LogP contribution in [0.2, 0.25) is 0 Å². The first-order chi connectivity index (χ1) is 42.4. The summed E-state index contributed by atoms with van der Waals surface area (Å²) in [6.07, 6.45) is 45.8. The van der Waals surface area contributed by atoms with E-state index >= 15 is 0 Å². The molecule has 3 N–H and O–H groups in total. The first-order valence-electron chi connectivity index (χ1n) is 36.0. The second-order valence-corrected chi connectivity index (χ2v) is 28.5. The van der Waals surface area contributed by atoms with Gasteiger partial charge in [-0.15, -0.1) is 0 Å². The van der Waals surface area contributed by atoms with Crippen LogP contribution in [0, 0.1) is 11.8 Å². The van der Waals surface area contributed by atoms with E-state index in [9.17, 15) is 43.2 Å². The molecule has 0 radical (unpaired) electrons. The van der Waals surface area contributed by atoms with Crippen molar-refractivity contribution in [3.63, 3.8) is 0 Å². The van der Waals surface area contributed by atoms with Crippen molar-refractivity contribution in [2.75, 3.05) is 39.6 Å². The molecule has 0 aliphatic rings. The highest BCUT2D eigenvalue weighted by Gasteiger charge is 2.30. The standard InChI is InChI=1S/C69H134O17P2/c1-7-10-12-14-16-18-19-20-21-22-23-24-27-35-41-47-53-68(73)85-65(58-80-67(72)52-46-40-34-28-25-26-31-37-43-49-61(4)5)60-84-88(77,78)82-56-63(70)55-81-87(75,76)83-59-64(57-79-66(71)51-45-39-33-17-15-13-11-8-2)86-69(74)54-48-42-36-30-29-32-38-44-50-62(6)9-3/h61-65,70H,7-60H2,1-6H3,(H,75,76)(H,77,78)/t62?,63-,64+,65+/m0/s1. The van der Waals surface area contributed by atoms with Crippen LogP contribution in [0.1, 0.15) is 350 Å². The van der Waals surface area contributed by atoms with E-state index in [-0.39, 0.29) is 25.7 Å². The van der Waals surface area contributed by atoms with Gasteiger partial charge in [0.15, 0.2) is 12.2 Å². The van der Waals surface area contributed by atoms with Gasteiger partial charge >= 0.3 is 39.5 Å². The summed E-state index contributed by atoms with van der Waals surface area (Å²) in [6, 6.07) is 0. The van der Waals surface area contributed by atoms with Crippen LogP contribution < -0.4 is 0 Å². The second kappa shape index (κ2) is 61.3. The third-order valence-corrected chi connectivity index (χ3v) is 18.2. The molecule has 0 spiro atoms. The van der Waals surface area contributed by atoms with E-state index in [2.05, 4.69) is 41.5 Å². The van der Waals surface area contributed by atoms with Crippen molar-refractivity contribution >= 4 is 39.5 Å². The summed E-state index contributed by atoms with van der Waals surface area (Å²) >= 11 is 0. The zero-order chi connectivity index (χ0) is 65.0. The summed E-state index contributed by atoms with van der Waals surface area (Å²) < 4.78 is 68.2. The zero-order valence-corrected chi connectivity index (χ0v) is 58.8. The van der Waals surface area contributed by atoms with Crippen molar-refractivity contribution in [3.8, 4) is 0 Å². The van der Waals surface area contributed by atoms with Gasteiger partial charge in [0.05, 0.1) is 26.4 Å². The van der Waals surface area contributed by atoms with Crippen molar-refractivity contribution in [3.05, 3.63) is 0 Å². The van der Waals surface area contributed by atoms with Gasteiger partial charge in [0.1, 0.15) is 19.3 Å². The summed E-state index contributed by atoms with van der Waals surface area (Å²) in [5, 5.41) is 10.6. The molecule has 88 heavy (non-hydrogen) atoms. The normalized spacial score (nSPS) is 14.5. The highest BCUT2D eigenvalue weighted by atomic mass is 31.2. The molecule has 0 fully saturated rings. The van der Waals surface area contributed by atoms with E-state index in [0.29, 0.717) is 25.7 Å². The third kappa shape index (κ3) is 61.6. The van der Waals surface area contributed by atoms with E-state index in [1.54, 1.807) is 0 Å². The molecular weight excluding hydrogens is 1160 g/mol. The fourth-order valence-corrected chi connectivity index (χ4v) is 12.0. The summed E-state index contributed by atoms with van der Waals surface area (Å²) in [5.74, 6) is -0.615. The monoisotopic (exact) mass is 1300 g/mol. The smallest absolute Gasteiger partial charge is 0.462 e. The Kier molecular flexibility index (Phi) is 59.9. The van der Waals surface area contributed by atoms with Gasteiger partial charge in [-0.05, 0) is 37.5 Å². The Balaban J connectivity index is 5.23. The lowest BCUT2D eigenvalue weighted by atomic mass is 9.99. The van der Waals surface area contributed by atoms with Crippen molar-refractivity contribution in [2.24, 2.45) is 11.8 Å². The molecule has 0 aromatic carbocycles. The van der Waals surface area contributed by atoms with E-state index < -0.39 is 97.5 Å². The van der Waals surface area contributed by atoms with Gasteiger partial charge in [-0.1, -0.05) is 298 Å². The molecule has 0 bridgehead atoms. The maximum atomic E-state index is 13.0. The first-order valence-corrected chi connectivity index (χ1v) is 39.0. The molecule has 522 valence electrons. The number of phosphoric acid groups is 2. The number of aliphatic hydroxyl groups is 1. The van der Waals surface area contributed by atoms with Crippen LogP contribution in [0.25, 0.3) is 0 Å². The van der Waals surface area contributed by atoms with Crippen LogP contribution in [-0.2, 0) is 65.4 Å². The molecule has 0 rings (SSSR count). The van der Waals surface area contributed by atoms with Crippen LogP contribution in [0.3, 0.4) is 0 Å². The molecular formula is C69H134O17P2. The lowest BCUT2D eigenvalue weighted by Gasteiger charge is -2.21. The molecule has 17 nitrogen and oxygen atoms in total. The maximum absolute atomic E-state index is 13.0. The Morgan fingerprint density at radius 3 is 0.864 bits per heavy atom. The van der Waals surface area contributed by atoms with Gasteiger partial charge in [0.2, 0.25) is 0 Å². The summed E-state index contributed by atoms with van der Waals surface area (Å²) in [6.45, 7) is 9.50. The van der Waals surface area contributed by atoms with Crippen LogP contribution in [0.5, 0.6) is 0 Å². The van der Waals surface area contributed by atoms with Gasteiger partial charge in [-0.3, -0.25) is 37.3 Å². The Hall–Kier alpha value is -1.94. The second-order valence-electron chi connectivity index (χ2n) is 25.6. The number of esters is 4. The molecule has 0 aromatic rings. The van der Waals surface area contributed by atoms with Crippen LogP contribution >= 0.6 is 15.6 Å². The number of ether oxygens (including phenoxy) is 4. The third-order valence-electron chi connectivity index (χ3n) is 16.3. The van der Waals surface area contributed by atoms with E-state index in [1.165, 1.54) is 161 Å². The van der Waals surface area contributed by atoms with E-state index in [0.717, 1.165) is 108 Å². The fraction of sp³-hybridized carbons (Fsp3) is 0.942. The van der Waals surface area contributed by atoms with Gasteiger partial charge in [-0.2, -0.15) is 0 Å². The summed E-state index contributed by atoms with van der Waals surface area (Å²) in [5.41, 5.74) is 0. The summed E-state index contributed by atoms with van der Waals surface area (Å²) in [7, 11) is -9.90. The van der Waals surface area contributed by atoms with Crippen molar-refractivity contribution in [2.45, 2.75) is 368 Å². The Labute approximate surface area is 537 Å². The minimum atomic E-state index is -4.95. The topological polar surface area (TPSA) is 237 Å². The SMILES string of the molecule is CCCCCCCCCCCCCCCCCCC(=O)O[C@H](COC(=O)CCCCCCCCCCCC(C)C)COP(=O)(O)OC[C@@H](O)COP(=O)(O)OC[C@@H](COC(=O)CCCCCCCCCC)OC(=O)CCCCCCCCCCC(C)CC. The molecule has 0 aliphatic heterocycles. The minimum absolute atomic E-state index is 0.105. The Bertz CT molecular complexity index is 1720. The number of rotatable bonds is 68. The average Bonchev–Trinajstić information content (AvgIpc) is 3.61. The van der Waals surface area contributed by atoms with E-state index in [1.807, 2.05) is 0 Å². The molecule has 6 atom stereocenters. The van der Waals surface area contributed by atoms with Crippen LogP contribution in [0.15, 0.2) is 0 Å². The van der Waals surface area contributed by atoms with E-state index in [4.69, 9.17) is 37.0 Å². The number of aliphatic hydroxyl groups excluding tert-OH is 1. The molecule has 0 heterocycles. The molecule has 0 saturated carbocycles. The van der Waals surface area contributed by atoms with Gasteiger partial charge in [-0.25, -0.2) is 9.13 Å². The molecule has 0 saturated heterocycles. The fourth-order valence-electron chi connectivity index (χ4n) is 10.4. The van der Waals surface area contributed by atoms with Gasteiger partial charge in [0.25, 0.3) is 0 Å². The first kappa shape index (κ1) is 86.1. The lowest BCUT2D eigenvalue weighted by Crippen LogP contribution is -2.30. The van der Waals surface area contributed by atoms with Crippen molar-refractivity contribution in [1.82, 2.24) is 0 Å². The number of carbonyl (C=O) groups excluding carboxylic acids is 4. The quantitative estimate of drug-likeness (QED) is 0.0222. The maximum Gasteiger partial charge on any atom is 0.472 e. The summed E-state index contributed by atoms with van der Waals surface area (Å²) in [4.78, 5) is 72.4. The number of phosphoric ester groups is 2. The molecule has 0 amide bonds. The predicted molar refractivity (Wildman–Crippen MR) is 354 cm³/mol. The van der Waals surface area contributed by atoms with Crippen molar-refractivity contribution < 1.29 is 80.2 Å². The van der Waals surface area contributed by atoms with Gasteiger partial charge < -0.3 is 33.8 Å². The van der Waals surface area contributed by atoms with Crippen LogP contribution in [0.4, 0.5) is 0 Å². The van der Waals surface area contributed by atoms with Crippen molar-refractivity contribution in [1.29, 1.82) is 0 Å².